The summed E-state index contributed by atoms with van der Waals surface area (Å²) in [7, 11) is 0. The molecule has 0 unspecified atom stereocenters. The number of thiocarbonyl (C=S) groups is 1. The summed E-state index contributed by atoms with van der Waals surface area (Å²) in [6.07, 6.45) is 1.59. The molecule has 0 spiro atoms. The lowest BCUT2D eigenvalue weighted by molar-refractivity contribution is -0.140. The highest BCUT2D eigenvalue weighted by atomic mass is 32.2. The lowest BCUT2D eigenvalue weighted by Crippen LogP contribution is -2.33. The zero-order valence-electron chi connectivity index (χ0n) is 15.9. The molecule has 7 nitrogen and oxygen atoms in total. The second-order valence-corrected chi connectivity index (χ2v) is 7.73. The van der Waals surface area contributed by atoms with Crippen molar-refractivity contribution in [2.24, 2.45) is 0 Å². The Kier molecular flexibility index (Phi) is 6.86. The van der Waals surface area contributed by atoms with Crippen LogP contribution in [0.3, 0.4) is 0 Å². The van der Waals surface area contributed by atoms with E-state index in [4.69, 9.17) is 26.8 Å². The average molecular weight is 444 g/mol. The largest absolute Gasteiger partial charge is 0.490 e. The third-order valence-electron chi connectivity index (χ3n) is 3.94. The van der Waals surface area contributed by atoms with Crippen LogP contribution in [0.2, 0.25) is 0 Å². The van der Waals surface area contributed by atoms with Gasteiger partial charge in [0.2, 0.25) is 0 Å². The Morgan fingerprint density at radius 1 is 1.17 bits per heavy atom. The van der Waals surface area contributed by atoms with Crippen LogP contribution in [-0.2, 0) is 9.59 Å². The van der Waals surface area contributed by atoms with Crippen molar-refractivity contribution in [3.05, 3.63) is 64.6 Å². The standard InChI is InChI=1S/C21H17NO6S2/c1-2-27-16-10-13(11-17-19(25)22(12-18(23)24)21(29)30-17)8-9-15(16)28-20(26)14-6-4-3-5-7-14/h3-11H,2,12H2,1H3,(H,23,24). The van der Waals surface area contributed by atoms with E-state index in [0.29, 0.717) is 28.4 Å². The van der Waals surface area contributed by atoms with Gasteiger partial charge in [0.15, 0.2) is 11.5 Å². The number of hydrogen-bond donors (Lipinski definition) is 1. The van der Waals surface area contributed by atoms with E-state index in [1.165, 1.54) is 0 Å². The Labute approximate surface area is 182 Å². The molecule has 0 bridgehead atoms. The molecule has 0 atom stereocenters. The van der Waals surface area contributed by atoms with Crippen molar-refractivity contribution < 1.29 is 29.0 Å². The lowest BCUT2D eigenvalue weighted by atomic mass is 10.1. The monoisotopic (exact) mass is 443 g/mol. The van der Waals surface area contributed by atoms with E-state index >= 15 is 0 Å². The summed E-state index contributed by atoms with van der Waals surface area (Å²) in [5.74, 6) is -1.53. The third-order valence-corrected chi connectivity index (χ3v) is 5.32. The zero-order valence-corrected chi connectivity index (χ0v) is 17.5. The van der Waals surface area contributed by atoms with Gasteiger partial charge in [0.25, 0.3) is 5.91 Å². The van der Waals surface area contributed by atoms with E-state index in [0.717, 1.165) is 16.7 Å². The lowest BCUT2D eigenvalue weighted by Gasteiger charge is -2.12. The number of carbonyl (C=O) groups is 3. The van der Waals surface area contributed by atoms with Gasteiger partial charge in [-0.2, -0.15) is 0 Å². The Balaban J connectivity index is 1.84. The third kappa shape index (κ3) is 5.05. The van der Waals surface area contributed by atoms with Crippen molar-refractivity contribution in [2.45, 2.75) is 6.92 Å². The molecule has 0 aliphatic carbocycles. The summed E-state index contributed by atoms with van der Waals surface area (Å²) in [6, 6.07) is 13.5. The SMILES string of the molecule is CCOc1cc(C=C2SC(=S)N(CC(=O)O)C2=O)ccc1OC(=O)c1ccccc1. The summed E-state index contributed by atoms with van der Waals surface area (Å²) < 4.78 is 11.2. The maximum absolute atomic E-state index is 12.4. The molecule has 0 radical (unpaired) electrons. The van der Waals surface area contributed by atoms with Gasteiger partial charge in [-0.15, -0.1) is 0 Å². The number of hydrogen-bond acceptors (Lipinski definition) is 7. The molecular formula is C21H17NO6S2. The molecule has 154 valence electrons. The first kappa shape index (κ1) is 21.5. The van der Waals surface area contributed by atoms with E-state index in [9.17, 15) is 14.4 Å². The minimum absolute atomic E-state index is 0.187. The van der Waals surface area contributed by atoms with Crippen LogP contribution in [0.25, 0.3) is 6.08 Å². The second-order valence-electron chi connectivity index (χ2n) is 6.06. The molecule has 2 aromatic rings. The molecular weight excluding hydrogens is 426 g/mol. The van der Waals surface area contributed by atoms with Crippen LogP contribution in [0.4, 0.5) is 0 Å². The summed E-state index contributed by atoms with van der Waals surface area (Å²) in [6.45, 7) is 1.66. The number of amides is 1. The van der Waals surface area contributed by atoms with Crippen LogP contribution in [0.1, 0.15) is 22.8 Å². The van der Waals surface area contributed by atoms with Gasteiger partial charge in [-0.1, -0.05) is 48.2 Å². The minimum atomic E-state index is -1.14. The van der Waals surface area contributed by atoms with Gasteiger partial charge in [0.05, 0.1) is 17.1 Å². The Morgan fingerprint density at radius 3 is 2.57 bits per heavy atom. The molecule has 1 aliphatic rings. The zero-order chi connectivity index (χ0) is 21.7. The van der Waals surface area contributed by atoms with Gasteiger partial charge < -0.3 is 14.6 Å². The maximum Gasteiger partial charge on any atom is 0.343 e. The van der Waals surface area contributed by atoms with Crippen LogP contribution in [0.5, 0.6) is 11.5 Å². The normalized spacial score (nSPS) is 14.8. The molecule has 9 heteroatoms. The van der Waals surface area contributed by atoms with Crippen LogP contribution in [0.15, 0.2) is 53.4 Å². The minimum Gasteiger partial charge on any atom is -0.490 e. The van der Waals surface area contributed by atoms with E-state index in [1.807, 2.05) is 0 Å². The van der Waals surface area contributed by atoms with Crippen molar-refractivity contribution in [3.8, 4) is 11.5 Å². The summed E-state index contributed by atoms with van der Waals surface area (Å²) >= 11 is 6.12. The Hall–Kier alpha value is -3.17. The molecule has 2 aromatic carbocycles. The maximum atomic E-state index is 12.4. The Morgan fingerprint density at radius 2 is 1.90 bits per heavy atom. The molecule has 1 saturated heterocycles. The van der Waals surface area contributed by atoms with Crippen molar-refractivity contribution in [1.82, 2.24) is 4.90 Å². The number of aliphatic carboxylic acids is 1. The number of esters is 1. The van der Waals surface area contributed by atoms with Crippen molar-refractivity contribution in [2.75, 3.05) is 13.2 Å². The molecule has 3 rings (SSSR count). The summed E-state index contributed by atoms with van der Waals surface area (Å²) in [5, 5.41) is 8.93. The van der Waals surface area contributed by atoms with Crippen LogP contribution >= 0.6 is 24.0 Å². The molecule has 0 saturated carbocycles. The first-order valence-corrected chi connectivity index (χ1v) is 10.1. The first-order chi connectivity index (χ1) is 14.4. The highest BCUT2D eigenvalue weighted by Crippen LogP contribution is 2.35. The molecule has 1 N–H and O–H groups in total. The Bertz CT molecular complexity index is 1040. The van der Waals surface area contributed by atoms with Gasteiger partial charge >= 0.3 is 11.9 Å². The van der Waals surface area contributed by atoms with Crippen LogP contribution in [0, 0.1) is 0 Å². The first-order valence-electron chi connectivity index (χ1n) is 8.90. The van der Waals surface area contributed by atoms with Gasteiger partial charge in [-0.05, 0) is 42.8 Å². The number of nitrogens with zero attached hydrogens (tertiary/aromatic N) is 1. The number of ether oxygens (including phenoxy) is 2. The molecule has 1 aliphatic heterocycles. The molecule has 30 heavy (non-hydrogen) atoms. The van der Waals surface area contributed by atoms with Gasteiger partial charge in [-0.3, -0.25) is 14.5 Å². The van der Waals surface area contributed by atoms with Gasteiger partial charge in [-0.25, -0.2) is 4.79 Å². The molecule has 1 amide bonds. The fraction of sp³-hybridized carbons (Fsp3) is 0.143. The van der Waals surface area contributed by atoms with Gasteiger partial charge in [0.1, 0.15) is 10.9 Å². The predicted molar refractivity (Wildman–Crippen MR) is 117 cm³/mol. The second kappa shape index (κ2) is 9.55. The number of carbonyl (C=O) groups excluding carboxylic acids is 2. The van der Waals surface area contributed by atoms with Crippen LogP contribution in [-0.4, -0.2) is 45.3 Å². The number of rotatable bonds is 7. The number of carboxylic acid groups (broad SMARTS) is 1. The summed E-state index contributed by atoms with van der Waals surface area (Å²) in [4.78, 5) is 37.0. The van der Waals surface area contributed by atoms with E-state index in [-0.39, 0.29) is 10.1 Å². The fourth-order valence-corrected chi connectivity index (χ4v) is 3.88. The van der Waals surface area contributed by atoms with E-state index in [2.05, 4.69) is 0 Å². The predicted octanol–water partition coefficient (Wildman–Crippen LogP) is 3.59. The van der Waals surface area contributed by atoms with E-state index in [1.54, 1.807) is 61.5 Å². The number of thioether (sulfide) groups is 1. The number of benzene rings is 2. The molecule has 1 fully saturated rings. The molecule has 1 heterocycles. The van der Waals surface area contributed by atoms with E-state index < -0.39 is 24.4 Å². The fourth-order valence-electron chi connectivity index (χ4n) is 2.62. The topological polar surface area (TPSA) is 93.1 Å². The smallest absolute Gasteiger partial charge is 0.343 e. The van der Waals surface area contributed by atoms with Crippen molar-refractivity contribution >= 4 is 52.2 Å². The quantitative estimate of drug-likeness (QED) is 0.300. The highest BCUT2D eigenvalue weighted by Gasteiger charge is 2.33. The van der Waals surface area contributed by atoms with Crippen LogP contribution < -0.4 is 9.47 Å². The summed E-state index contributed by atoms with van der Waals surface area (Å²) in [5.41, 5.74) is 1.03. The van der Waals surface area contributed by atoms with Crippen molar-refractivity contribution in [3.63, 3.8) is 0 Å². The highest BCUT2D eigenvalue weighted by molar-refractivity contribution is 8.26. The van der Waals surface area contributed by atoms with Crippen molar-refractivity contribution in [1.29, 1.82) is 0 Å². The molecule has 0 aromatic heterocycles. The average Bonchev–Trinajstić information content (AvgIpc) is 2.97. The van der Waals surface area contributed by atoms with Gasteiger partial charge in [0, 0.05) is 0 Å². The number of carboxylic acids is 1.